The molecule has 0 unspecified atom stereocenters. The van der Waals surface area contributed by atoms with Gasteiger partial charge >= 0.3 is 0 Å². The van der Waals surface area contributed by atoms with E-state index in [2.05, 4.69) is 58.1 Å². The third kappa shape index (κ3) is 4.25. The molecule has 6 heteroatoms. The van der Waals surface area contributed by atoms with Crippen LogP contribution in [0.25, 0.3) is 0 Å². The van der Waals surface area contributed by atoms with Gasteiger partial charge < -0.3 is 10.6 Å². The molecule has 0 amide bonds. The third-order valence-electron chi connectivity index (χ3n) is 4.88. The maximum Gasteiger partial charge on any atom is 0.229 e. The second-order valence-electron chi connectivity index (χ2n) is 6.68. The van der Waals surface area contributed by atoms with Crippen molar-refractivity contribution >= 4 is 23.1 Å². The summed E-state index contributed by atoms with van der Waals surface area (Å²) in [6.07, 6.45) is 7.82. The fourth-order valence-electron chi connectivity index (χ4n) is 3.50. The average molecular weight is 355 g/mol. The van der Waals surface area contributed by atoms with Gasteiger partial charge in [-0.2, -0.15) is 4.98 Å². The molecule has 0 spiro atoms. The second-order valence-corrected chi connectivity index (χ2v) is 6.68. The Morgan fingerprint density at radius 1 is 1.19 bits per heavy atom. The summed E-state index contributed by atoms with van der Waals surface area (Å²) in [5.74, 6) is 1.53. The van der Waals surface area contributed by atoms with Gasteiger partial charge in [-0.1, -0.05) is 38.8 Å². The number of hydrogen-bond donors (Lipinski definition) is 3. The Balaban J connectivity index is 1.89. The number of anilines is 4. The molecule has 0 aliphatic heterocycles. The third-order valence-corrected chi connectivity index (χ3v) is 4.88. The van der Waals surface area contributed by atoms with Crippen LogP contribution in [0.15, 0.2) is 30.5 Å². The molecule has 3 rings (SSSR count). The lowest BCUT2D eigenvalue weighted by atomic mass is 10.1. The summed E-state index contributed by atoms with van der Waals surface area (Å²) in [6, 6.07) is 8.87. The van der Waals surface area contributed by atoms with Crippen LogP contribution in [0.2, 0.25) is 0 Å². The number of nitrogens with zero attached hydrogens (tertiary/aromatic N) is 3. The van der Waals surface area contributed by atoms with Gasteiger partial charge in [-0.05, 0) is 37.0 Å². The van der Waals surface area contributed by atoms with Crippen LogP contribution in [0.1, 0.15) is 45.1 Å². The van der Waals surface area contributed by atoms with E-state index in [0.717, 1.165) is 30.2 Å². The van der Waals surface area contributed by atoms with Crippen LogP contribution in [-0.2, 0) is 6.42 Å². The quantitative estimate of drug-likeness (QED) is 0.620. The molecule has 1 aliphatic rings. The first-order valence-corrected chi connectivity index (χ1v) is 9.68. The van der Waals surface area contributed by atoms with Crippen molar-refractivity contribution in [3.63, 3.8) is 0 Å². The minimum Gasteiger partial charge on any atom is -0.384 e. The Morgan fingerprint density at radius 2 is 2.00 bits per heavy atom. The van der Waals surface area contributed by atoms with Crippen LogP contribution in [0.5, 0.6) is 0 Å². The molecule has 0 atom stereocenters. The molecule has 1 aromatic carbocycles. The largest absolute Gasteiger partial charge is 0.384 e. The smallest absolute Gasteiger partial charge is 0.229 e. The molecule has 3 N–H and O–H groups in total. The lowest BCUT2D eigenvalue weighted by Crippen LogP contribution is -2.45. The average Bonchev–Trinajstić information content (AvgIpc) is 3.20. The van der Waals surface area contributed by atoms with Gasteiger partial charge in [0, 0.05) is 25.3 Å². The van der Waals surface area contributed by atoms with Crippen LogP contribution in [0.3, 0.4) is 0 Å². The molecule has 1 fully saturated rings. The lowest BCUT2D eigenvalue weighted by Gasteiger charge is -2.31. The number of hydrogen-bond acceptors (Lipinski definition) is 6. The SMILES string of the molecule is CCNN(c1nc(Nc2cccc(CC)c2)ncc1NC)C1CCCC1. The molecule has 0 saturated heterocycles. The summed E-state index contributed by atoms with van der Waals surface area (Å²) in [5, 5.41) is 8.82. The minimum atomic E-state index is 0.480. The zero-order valence-electron chi connectivity index (χ0n) is 16.0. The van der Waals surface area contributed by atoms with E-state index in [9.17, 15) is 0 Å². The van der Waals surface area contributed by atoms with E-state index in [4.69, 9.17) is 4.98 Å². The number of rotatable bonds is 8. The van der Waals surface area contributed by atoms with E-state index in [1.54, 1.807) is 0 Å². The molecule has 1 aromatic heterocycles. The summed E-state index contributed by atoms with van der Waals surface area (Å²) in [7, 11) is 1.92. The zero-order valence-corrected chi connectivity index (χ0v) is 16.0. The van der Waals surface area contributed by atoms with E-state index in [1.807, 2.05) is 19.3 Å². The summed E-state index contributed by atoms with van der Waals surface area (Å²) in [5.41, 5.74) is 6.75. The molecule has 1 heterocycles. The lowest BCUT2D eigenvalue weighted by molar-refractivity contribution is 0.524. The molecule has 0 radical (unpaired) electrons. The Labute approximate surface area is 156 Å². The highest BCUT2D eigenvalue weighted by Gasteiger charge is 2.26. The first-order valence-electron chi connectivity index (χ1n) is 9.68. The molecular formula is C20H30N6. The van der Waals surface area contributed by atoms with Gasteiger partial charge in [0.1, 0.15) is 0 Å². The van der Waals surface area contributed by atoms with Crippen LogP contribution < -0.4 is 21.1 Å². The van der Waals surface area contributed by atoms with Crippen LogP contribution in [0.4, 0.5) is 23.1 Å². The number of benzene rings is 1. The van der Waals surface area contributed by atoms with E-state index >= 15 is 0 Å². The molecule has 0 bridgehead atoms. The molecule has 6 nitrogen and oxygen atoms in total. The van der Waals surface area contributed by atoms with Crippen molar-refractivity contribution in [1.29, 1.82) is 0 Å². The molecule has 26 heavy (non-hydrogen) atoms. The van der Waals surface area contributed by atoms with E-state index in [0.29, 0.717) is 12.0 Å². The van der Waals surface area contributed by atoms with Crippen LogP contribution >= 0.6 is 0 Å². The van der Waals surface area contributed by atoms with Gasteiger partial charge in [0.05, 0.1) is 11.9 Å². The van der Waals surface area contributed by atoms with E-state index < -0.39 is 0 Å². The number of aryl methyl sites for hydroxylation is 1. The standard InChI is InChI=1S/C20H30N6/c1-4-15-9-8-10-16(13-15)24-20-22-14-18(21-3)19(25-20)26(23-5-2)17-11-6-7-12-17/h8-10,13-14,17,21,23H,4-7,11-12H2,1-3H3,(H,22,24,25). The summed E-state index contributed by atoms with van der Waals surface area (Å²) in [4.78, 5) is 9.33. The summed E-state index contributed by atoms with van der Waals surface area (Å²) in [6.45, 7) is 5.15. The van der Waals surface area contributed by atoms with Crippen molar-refractivity contribution in [2.24, 2.45) is 0 Å². The van der Waals surface area contributed by atoms with Gasteiger partial charge in [0.15, 0.2) is 5.82 Å². The van der Waals surface area contributed by atoms with Crippen molar-refractivity contribution in [1.82, 2.24) is 15.4 Å². The Bertz CT molecular complexity index is 711. The van der Waals surface area contributed by atoms with Gasteiger partial charge in [0.25, 0.3) is 0 Å². The predicted molar refractivity (Wildman–Crippen MR) is 109 cm³/mol. The number of hydrazine groups is 1. The maximum absolute atomic E-state index is 4.84. The molecule has 2 aromatic rings. The fourth-order valence-corrected chi connectivity index (χ4v) is 3.50. The molecule has 1 aliphatic carbocycles. The van der Waals surface area contributed by atoms with Gasteiger partial charge in [-0.3, -0.25) is 5.01 Å². The Morgan fingerprint density at radius 3 is 2.69 bits per heavy atom. The second kappa shape index (κ2) is 8.85. The Kier molecular flexibility index (Phi) is 6.28. The number of aromatic nitrogens is 2. The molecule has 140 valence electrons. The first kappa shape index (κ1) is 18.5. The molecule has 1 saturated carbocycles. The summed E-state index contributed by atoms with van der Waals surface area (Å²) >= 11 is 0. The van der Waals surface area contributed by atoms with Gasteiger partial charge in [0.2, 0.25) is 5.95 Å². The van der Waals surface area contributed by atoms with Crippen molar-refractivity contribution in [2.75, 3.05) is 29.2 Å². The first-order chi connectivity index (χ1) is 12.7. The topological polar surface area (TPSA) is 65.1 Å². The highest BCUT2D eigenvalue weighted by atomic mass is 15.5. The highest BCUT2D eigenvalue weighted by molar-refractivity contribution is 5.67. The minimum absolute atomic E-state index is 0.480. The zero-order chi connectivity index (χ0) is 18.4. The highest BCUT2D eigenvalue weighted by Crippen LogP contribution is 2.31. The van der Waals surface area contributed by atoms with Gasteiger partial charge in [-0.15, -0.1) is 0 Å². The fraction of sp³-hybridized carbons (Fsp3) is 0.500. The Hall–Kier alpha value is -2.34. The van der Waals surface area contributed by atoms with Gasteiger partial charge in [-0.25, -0.2) is 10.4 Å². The van der Waals surface area contributed by atoms with Crippen molar-refractivity contribution in [3.8, 4) is 0 Å². The van der Waals surface area contributed by atoms with Crippen LogP contribution in [-0.4, -0.2) is 29.6 Å². The molecular weight excluding hydrogens is 324 g/mol. The normalized spacial score (nSPS) is 14.4. The van der Waals surface area contributed by atoms with Crippen molar-refractivity contribution in [3.05, 3.63) is 36.0 Å². The van der Waals surface area contributed by atoms with E-state index in [1.165, 1.54) is 31.2 Å². The predicted octanol–water partition coefficient (Wildman–Crippen LogP) is 4.10. The maximum atomic E-state index is 4.84. The van der Waals surface area contributed by atoms with Crippen molar-refractivity contribution < 1.29 is 0 Å². The monoisotopic (exact) mass is 354 g/mol. The summed E-state index contributed by atoms with van der Waals surface area (Å²) < 4.78 is 0. The van der Waals surface area contributed by atoms with Crippen LogP contribution in [0, 0.1) is 0 Å². The number of nitrogens with one attached hydrogen (secondary N) is 3. The van der Waals surface area contributed by atoms with Crippen molar-refractivity contribution in [2.45, 2.75) is 52.0 Å². The van der Waals surface area contributed by atoms with E-state index in [-0.39, 0.29) is 0 Å².